The lowest BCUT2D eigenvalue weighted by Crippen LogP contribution is -2.50. The molecule has 11 heteroatoms. The Kier molecular flexibility index (Phi) is 8.54. The van der Waals surface area contributed by atoms with Crippen LogP contribution in [0.25, 0.3) is 0 Å². The van der Waals surface area contributed by atoms with Crippen molar-refractivity contribution < 1.29 is 22.7 Å². The van der Waals surface area contributed by atoms with E-state index in [0.29, 0.717) is 25.3 Å². The molecule has 3 N–H and O–H groups in total. The summed E-state index contributed by atoms with van der Waals surface area (Å²) in [5, 5.41) is 3.12. The summed E-state index contributed by atoms with van der Waals surface area (Å²) in [5.74, 6) is -0.374. The van der Waals surface area contributed by atoms with Crippen molar-refractivity contribution in [1.29, 1.82) is 0 Å². The number of morpholine rings is 1. The second-order valence-corrected chi connectivity index (χ2v) is 11.3. The molecule has 0 radical (unpaired) electrons. The van der Waals surface area contributed by atoms with Crippen LogP contribution in [0.15, 0.2) is 17.2 Å². The fourth-order valence-corrected chi connectivity index (χ4v) is 6.18. The first kappa shape index (κ1) is 25.7. The van der Waals surface area contributed by atoms with Crippen LogP contribution >= 0.6 is 0 Å². The van der Waals surface area contributed by atoms with Gasteiger partial charge in [-0.25, -0.2) is 8.42 Å². The van der Waals surface area contributed by atoms with Gasteiger partial charge in [-0.05, 0) is 31.2 Å². The number of carbonyl (C=O) groups excluding carboxylic acids is 2. The van der Waals surface area contributed by atoms with E-state index in [1.165, 1.54) is 21.1 Å². The van der Waals surface area contributed by atoms with Gasteiger partial charge in [-0.15, -0.1) is 0 Å². The van der Waals surface area contributed by atoms with E-state index < -0.39 is 15.9 Å². The highest BCUT2D eigenvalue weighted by molar-refractivity contribution is 7.89. The highest BCUT2D eigenvalue weighted by Crippen LogP contribution is 2.25. The van der Waals surface area contributed by atoms with Gasteiger partial charge in [-0.3, -0.25) is 14.5 Å². The number of carbonyl (C=O) groups is 2. The number of aromatic nitrogens is 1. The summed E-state index contributed by atoms with van der Waals surface area (Å²) in [6.07, 6.45) is 3.33. The first-order valence-electron chi connectivity index (χ1n) is 11.7. The zero-order chi connectivity index (χ0) is 24.2. The molecule has 3 heterocycles. The van der Waals surface area contributed by atoms with Crippen molar-refractivity contribution in [3.8, 4) is 0 Å². The molecular formula is C22H37N5O5S. The third-order valence-electron chi connectivity index (χ3n) is 6.51. The van der Waals surface area contributed by atoms with Crippen molar-refractivity contribution in [3.05, 3.63) is 18.0 Å². The molecule has 1 aromatic rings. The number of sulfonamides is 1. The lowest BCUT2D eigenvalue weighted by molar-refractivity contribution is -0.126. The Hall–Kier alpha value is -1.95. The maximum absolute atomic E-state index is 13.0. The molecule has 0 saturated carbocycles. The zero-order valence-corrected chi connectivity index (χ0v) is 20.6. The van der Waals surface area contributed by atoms with Crippen LogP contribution in [0, 0.1) is 11.8 Å². The predicted octanol–water partition coefficient (Wildman–Crippen LogP) is 0.388. The van der Waals surface area contributed by atoms with Gasteiger partial charge < -0.3 is 20.4 Å². The fraction of sp³-hybridized carbons (Fsp3) is 0.727. The van der Waals surface area contributed by atoms with Gasteiger partial charge in [-0.2, -0.15) is 4.31 Å². The van der Waals surface area contributed by atoms with Crippen molar-refractivity contribution in [3.63, 3.8) is 0 Å². The average Bonchev–Trinajstić information content (AvgIpc) is 3.19. The molecule has 3 rings (SSSR count). The first-order chi connectivity index (χ1) is 15.6. The number of hydrogen-bond acceptors (Lipinski definition) is 6. The van der Waals surface area contributed by atoms with Crippen molar-refractivity contribution in [2.75, 3.05) is 45.9 Å². The Balaban J connectivity index is 1.54. The summed E-state index contributed by atoms with van der Waals surface area (Å²) in [6, 6.07) is 1.58. The number of nitrogens with zero attached hydrogens (tertiary/aromatic N) is 3. The standard InChI is InChI=1S/C22H37N5O5S/c1-16(2)12-18(26-8-10-32-11-9-26)14-24-22(29)17-4-6-27(7-5-17)33(30,31)19-13-20(21(23)28)25(3)15-19/h13,15-18H,4-12,14H2,1-3H3,(H2,23,28)(H,24,29). The molecule has 2 aliphatic rings. The van der Waals surface area contributed by atoms with Gasteiger partial charge >= 0.3 is 0 Å². The molecule has 186 valence electrons. The Morgan fingerprint density at radius 2 is 1.82 bits per heavy atom. The van der Waals surface area contributed by atoms with Crippen molar-refractivity contribution in [2.24, 2.45) is 24.6 Å². The topological polar surface area (TPSA) is 127 Å². The maximum atomic E-state index is 13.0. The average molecular weight is 484 g/mol. The minimum Gasteiger partial charge on any atom is -0.379 e. The summed E-state index contributed by atoms with van der Waals surface area (Å²) >= 11 is 0. The van der Waals surface area contributed by atoms with Crippen LogP contribution in [0.5, 0.6) is 0 Å². The lowest BCUT2D eigenvalue weighted by atomic mass is 9.96. The van der Waals surface area contributed by atoms with E-state index in [9.17, 15) is 18.0 Å². The molecule has 1 unspecified atom stereocenters. The number of aryl methyl sites for hydroxylation is 1. The van der Waals surface area contributed by atoms with Crippen LogP contribution in [0.3, 0.4) is 0 Å². The van der Waals surface area contributed by atoms with Crippen molar-refractivity contribution in [1.82, 2.24) is 19.1 Å². The summed E-state index contributed by atoms with van der Waals surface area (Å²) in [5.41, 5.74) is 5.44. The van der Waals surface area contributed by atoms with Crippen LogP contribution in [0.4, 0.5) is 0 Å². The van der Waals surface area contributed by atoms with E-state index in [0.717, 1.165) is 32.7 Å². The molecule has 0 aliphatic carbocycles. The lowest BCUT2D eigenvalue weighted by Gasteiger charge is -2.36. The molecule has 0 bridgehead atoms. The number of rotatable bonds is 9. The Morgan fingerprint density at radius 1 is 1.18 bits per heavy atom. The Labute approximate surface area is 196 Å². The number of amides is 2. The molecule has 0 spiro atoms. The van der Waals surface area contributed by atoms with Crippen LogP contribution < -0.4 is 11.1 Å². The van der Waals surface area contributed by atoms with Crippen molar-refractivity contribution in [2.45, 2.75) is 44.0 Å². The minimum absolute atomic E-state index is 0.00945. The normalized spacial score (nSPS) is 20.1. The summed E-state index contributed by atoms with van der Waals surface area (Å²) in [6.45, 7) is 8.68. The predicted molar refractivity (Wildman–Crippen MR) is 124 cm³/mol. The molecule has 2 amide bonds. The number of nitrogens with two attached hydrogens (primary N) is 1. The molecule has 33 heavy (non-hydrogen) atoms. The molecule has 10 nitrogen and oxygen atoms in total. The quantitative estimate of drug-likeness (QED) is 0.523. The Morgan fingerprint density at radius 3 is 2.36 bits per heavy atom. The highest BCUT2D eigenvalue weighted by Gasteiger charge is 2.33. The SMILES string of the molecule is CC(C)CC(CNC(=O)C1CCN(S(=O)(=O)c2cc(C(N)=O)n(C)c2)CC1)N1CCOCC1. The molecule has 2 aliphatic heterocycles. The molecule has 1 atom stereocenters. The maximum Gasteiger partial charge on any atom is 0.265 e. The van der Waals surface area contributed by atoms with Gasteiger partial charge in [0.2, 0.25) is 15.9 Å². The molecular weight excluding hydrogens is 446 g/mol. The fourth-order valence-electron chi connectivity index (χ4n) is 4.64. The number of ether oxygens (including phenoxy) is 1. The monoisotopic (exact) mass is 483 g/mol. The van der Waals surface area contributed by atoms with E-state index in [-0.39, 0.29) is 41.5 Å². The second kappa shape index (κ2) is 11.0. The molecule has 1 aromatic heterocycles. The number of primary amides is 1. The zero-order valence-electron chi connectivity index (χ0n) is 19.8. The number of nitrogens with one attached hydrogen (secondary N) is 1. The number of hydrogen-bond donors (Lipinski definition) is 2. The highest BCUT2D eigenvalue weighted by atomic mass is 32.2. The van der Waals surface area contributed by atoms with Crippen LogP contribution in [0.2, 0.25) is 0 Å². The first-order valence-corrected chi connectivity index (χ1v) is 13.1. The van der Waals surface area contributed by atoms with Crippen LogP contribution in [-0.2, 0) is 26.6 Å². The van der Waals surface area contributed by atoms with Gasteiger partial charge in [0.25, 0.3) is 5.91 Å². The summed E-state index contributed by atoms with van der Waals surface area (Å²) < 4.78 is 34.2. The molecule has 0 aromatic carbocycles. The van der Waals surface area contributed by atoms with Gasteiger partial charge in [0.1, 0.15) is 10.6 Å². The van der Waals surface area contributed by atoms with Gasteiger partial charge in [0.05, 0.1) is 13.2 Å². The van der Waals surface area contributed by atoms with E-state index in [1.807, 2.05) is 0 Å². The van der Waals surface area contributed by atoms with Gasteiger partial charge in [0, 0.05) is 57.9 Å². The van der Waals surface area contributed by atoms with Gasteiger partial charge in [-0.1, -0.05) is 13.8 Å². The van der Waals surface area contributed by atoms with Crippen molar-refractivity contribution >= 4 is 21.8 Å². The minimum atomic E-state index is -3.75. The number of piperidine rings is 1. The third-order valence-corrected chi connectivity index (χ3v) is 8.38. The molecule has 2 fully saturated rings. The molecule has 2 saturated heterocycles. The third kappa shape index (κ3) is 6.34. The van der Waals surface area contributed by atoms with Gasteiger partial charge in [0.15, 0.2) is 0 Å². The summed E-state index contributed by atoms with van der Waals surface area (Å²) in [7, 11) is -2.16. The summed E-state index contributed by atoms with van der Waals surface area (Å²) in [4.78, 5) is 26.7. The van der Waals surface area contributed by atoms with Crippen LogP contribution in [-0.4, -0.2) is 86.0 Å². The van der Waals surface area contributed by atoms with E-state index in [4.69, 9.17) is 10.5 Å². The van der Waals surface area contributed by atoms with E-state index in [1.54, 1.807) is 7.05 Å². The van der Waals surface area contributed by atoms with Crippen LogP contribution in [0.1, 0.15) is 43.6 Å². The van der Waals surface area contributed by atoms with E-state index in [2.05, 4.69) is 24.1 Å². The smallest absolute Gasteiger partial charge is 0.265 e. The second-order valence-electron chi connectivity index (χ2n) is 9.39. The largest absolute Gasteiger partial charge is 0.379 e. The van der Waals surface area contributed by atoms with E-state index >= 15 is 0 Å². The Bertz CT molecular complexity index is 931.